The molecule has 2 aromatic rings. The molecule has 1 saturated heterocycles. The van der Waals surface area contributed by atoms with Crippen molar-refractivity contribution < 1.29 is 22.7 Å². The highest BCUT2D eigenvalue weighted by Gasteiger charge is 2.34. The third kappa shape index (κ3) is 4.52. The maximum atomic E-state index is 12.8. The number of hydrogen-bond donors (Lipinski definition) is 0. The molecule has 7 nitrogen and oxygen atoms in total. The average Bonchev–Trinajstić information content (AvgIpc) is 3.01. The number of aryl methyl sites for hydroxylation is 1. The fourth-order valence-electron chi connectivity index (χ4n) is 2.81. The van der Waals surface area contributed by atoms with Crippen LogP contribution in [0.15, 0.2) is 56.7 Å². The van der Waals surface area contributed by atoms with Gasteiger partial charge in [0.1, 0.15) is 0 Å². The molecule has 0 aliphatic carbocycles. The van der Waals surface area contributed by atoms with Gasteiger partial charge in [0.25, 0.3) is 15.9 Å². The monoisotopic (exact) mass is 446 g/mol. The molecule has 2 aromatic carbocycles. The Balaban J connectivity index is 1.96. The number of methoxy groups -OCH3 is 2. The Morgan fingerprint density at radius 3 is 2.33 bits per heavy atom. The maximum Gasteiger partial charge on any atom is 0.284 e. The highest BCUT2D eigenvalue weighted by Crippen LogP contribution is 2.35. The molecule has 3 rings (SSSR count). The minimum Gasteiger partial charge on any atom is -0.493 e. The van der Waals surface area contributed by atoms with Crippen LogP contribution in [0.3, 0.4) is 0 Å². The van der Waals surface area contributed by atoms with E-state index >= 15 is 0 Å². The van der Waals surface area contributed by atoms with E-state index in [1.165, 1.54) is 24.1 Å². The molecule has 0 saturated carbocycles. The third-order valence-electron chi connectivity index (χ3n) is 4.43. The van der Waals surface area contributed by atoms with Gasteiger partial charge in [-0.05, 0) is 61.5 Å². The van der Waals surface area contributed by atoms with Crippen molar-refractivity contribution in [2.24, 2.45) is 4.40 Å². The Morgan fingerprint density at radius 2 is 1.73 bits per heavy atom. The molecule has 1 aliphatic heterocycles. The molecule has 0 unspecified atom stereocenters. The van der Waals surface area contributed by atoms with E-state index in [9.17, 15) is 13.2 Å². The van der Waals surface area contributed by atoms with Crippen molar-refractivity contribution in [1.29, 1.82) is 0 Å². The Hall–Kier alpha value is -2.78. The van der Waals surface area contributed by atoms with Crippen molar-refractivity contribution in [1.82, 2.24) is 4.90 Å². The van der Waals surface area contributed by atoms with Crippen molar-refractivity contribution in [2.75, 3.05) is 20.8 Å². The summed E-state index contributed by atoms with van der Waals surface area (Å²) in [6, 6.07) is 11.7. The number of ether oxygens (including phenoxy) is 2. The van der Waals surface area contributed by atoms with Crippen LogP contribution in [-0.2, 0) is 14.8 Å². The quantitative estimate of drug-likeness (QED) is 0.629. The number of thioether (sulfide) groups is 1. The summed E-state index contributed by atoms with van der Waals surface area (Å²) in [7, 11) is -0.858. The molecule has 0 radical (unpaired) electrons. The van der Waals surface area contributed by atoms with Gasteiger partial charge in [-0.25, -0.2) is 0 Å². The molecule has 1 aliphatic rings. The zero-order valence-corrected chi connectivity index (χ0v) is 18.7. The summed E-state index contributed by atoms with van der Waals surface area (Å²) in [5, 5.41) is 0.134. The van der Waals surface area contributed by atoms with Crippen molar-refractivity contribution in [3.8, 4) is 11.5 Å². The van der Waals surface area contributed by atoms with E-state index in [1.807, 2.05) is 6.92 Å². The van der Waals surface area contributed by atoms with E-state index in [-0.39, 0.29) is 16.0 Å². The smallest absolute Gasteiger partial charge is 0.284 e. The molecular weight excluding hydrogens is 424 g/mol. The number of amides is 1. The fraction of sp³-hybridized carbons (Fsp3) is 0.238. The van der Waals surface area contributed by atoms with E-state index in [1.54, 1.807) is 50.4 Å². The van der Waals surface area contributed by atoms with Crippen LogP contribution in [0.1, 0.15) is 18.1 Å². The van der Waals surface area contributed by atoms with Crippen LogP contribution < -0.4 is 9.47 Å². The van der Waals surface area contributed by atoms with Crippen LogP contribution in [0.5, 0.6) is 11.5 Å². The van der Waals surface area contributed by atoms with Gasteiger partial charge in [-0.1, -0.05) is 23.8 Å². The molecule has 0 atom stereocenters. The van der Waals surface area contributed by atoms with E-state index in [2.05, 4.69) is 4.40 Å². The summed E-state index contributed by atoms with van der Waals surface area (Å²) in [5.41, 5.74) is 1.67. The molecule has 30 heavy (non-hydrogen) atoms. The molecule has 0 N–H and O–H groups in total. The first-order chi connectivity index (χ1) is 14.3. The van der Waals surface area contributed by atoms with Crippen LogP contribution in [0.25, 0.3) is 6.08 Å². The van der Waals surface area contributed by atoms with Crippen LogP contribution in [0.2, 0.25) is 0 Å². The number of carbonyl (C=O) groups is 1. The largest absolute Gasteiger partial charge is 0.493 e. The van der Waals surface area contributed by atoms with E-state index in [4.69, 9.17) is 9.47 Å². The Morgan fingerprint density at radius 1 is 1.07 bits per heavy atom. The SMILES string of the molecule is CCN1C(=O)C(=Cc2ccc(OC)c(OC)c2)SC1=NS(=O)(=O)c1ccc(C)cc1. The van der Waals surface area contributed by atoms with Crippen molar-refractivity contribution in [2.45, 2.75) is 18.7 Å². The minimum atomic E-state index is -3.93. The number of hydrogen-bond acceptors (Lipinski definition) is 6. The Kier molecular flexibility index (Phi) is 6.52. The second kappa shape index (κ2) is 8.93. The lowest BCUT2D eigenvalue weighted by atomic mass is 10.2. The molecule has 158 valence electrons. The van der Waals surface area contributed by atoms with Gasteiger partial charge in [0.15, 0.2) is 16.7 Å². The number of carbonyl (C=O) groups excluding carboxylic acids is 1. The van der Waals surface area contributed by atoms with Crippen molar-refractivity contribution >= 4 is 38.9 Å². The average molecular weight is 447 g/mol. The second-order valence-corrected chi connectivity index (χ2v) is 9.05. The van der Waals surface area contributed by atoms with Gasteiger partial charge in [-0.15, -0.1) is 4.40 Å². The Bertz CT molecular complexity index is 1120. The zero-order chi connectivity index (χ0) is 21.9. The first-order valence-electron chi connectivity index (χ1n) is 9.14. The molecule has 9 heteroatoms. The number of likely N-dealkylation sites (N-methyl/N-ethyl adjacent to an activating group) is 1. The second-order valence-electron chi connectivity index (χ2n) is 6.44. The summed E-state index contributed by atoms with van der Waals surface area (Å²) < 4.78 is 39.9. The zero-order valence-electron chi connectivity index (χ0n) is 17.1. The molecule has 1 fully saturated rings. The summed E-state index contributed by atoms with van der Waals surface area (Å²) >= 11 is 1.03. The maximum absolute atomic E-state index is 12.8. The third-order valence-corrected chi connectivity index (χ3v) is 6.83. The molecule has 0 bridgehead atoms. The van der Waals surface area contributed by atoms with Crippen LogP contribution in [0, 0.1) is 6.92 Å². The first-order valence-corrected chi connectivity index (χ1v) is 11.4. The van der Waals surface area contributed by atoms with Gasteiger partial charge < -0.3 is 9.47 Å². The lowest BCUT2D eigenvalue weighted by molar-refractivity contribution is -0.122. The fourth-order valence-corrected chi connectivity index (χ4v) is 5.06. The normalized spacial score (nSPS) is 17.1. The van der Waals surface area contributed by atoms with E-state index in [0.29, 0.717) is 22.9 Å². The Labute approximate surface area is 180 Å². The molecule has 0 aromatic heterocycles. The predicted octanol–water partition coefficient (Wildman–Crippen LogP) is 3.69. The van der Waals surface area contributed by atoms with E-state index < -0.39 is 10.0 Å². The van der Waals surface area contributed by atoms with Crippen LogP contribution in [0.4, 0.5) is 0 Å². The highest BCUT2D eigenvalue weighted by molar-refractivity contribution is 8.19. The van der Waals surface area contributed by atoms with Crippen molar-refractivity contribution in [3.63, 3.8) is 0 Å². The number of benzene rings is 2. The lowest BCUT2D eigenvalue weighted by Crippen LogP contribution is -2.29. The number of sulfonamides is 1. The summed E-state index contributed by atoms with van der Waals surface area (Å²) in [6.07, 6.45) is 1.68. The van der Waals surface area contributed by atoms with Gasteiger partial charge in [0.2, 0.25) is 0 Å². The van der Waals surface area contributed by atoms with Crippen LogP contribution >= 0.6 is 11.8 Å². The minimum absolute atomic E-state index is 0.0852. The summed E-state index contributed by atoms with van der Waals surface area (Å²) in [6.45, 7) is 3.95. The van der Waals surface area contributed by atoms with Gasteiger partial charge in [-0.3, -0.25) is 9.69 Å². The molecule has 1 heterocycles. The number of amidine groups is 1. The molecule has 0 spiro atoms. The molecular formula is C21H22N2O5S2. The summed E-state index contributed by atoms with van der Waals surface area (Å²) in [5.74, 6) is 0.812. The number of rotatable bonds is 6. The highest BCUT2D eigenvalue weighted by atomic mass is 32.2. The standard InChI is InChI=1S/C21H22N2O5S2/c1-5-23-20(24)19(13-15-8-11-17(27-3)18(12-15)28-4)29-21(23)22-30(25,26)16-9-6-14(2)7-10-16/h6-13H,5H2,1-4H3. The predicted molar refractivity (Wildman–Crippen MR) is 118 cm³/mol. The first kappa shape index (κ1) is 21.9. The molecule has 1 amide bonds. The number of nitrogens with zero attached hydrogens (tertiary/aromatic N) is 2. The van der Waals surface area contributed by atoms with E-state index in [0.717, 1.165) is 22.9 Å². The summed E-state index contributed by atoms with van der Waals surface area (Å²) in [4.78, 5) is 14.6. The van der Waals surface area contributed by atoms with Gasteiger partial charge >= 0.3 is 0 Å². The van der Waals surface area contributed by atoms with Crippen LogP contribution in [-0.4, -0.2) is 45.2 Å². The van der Waals surface area contributed by atoms with Gasteiger partial charge in [-0.2, -0.15) is 8.42 Å². The topological polar surface area (TPSA) is 85.3 Å². The van der Waals surface area contributed by atoms with Crippen molar-refractivity contribution in [3.05, 3.63) is 58.5 Å². The van der Waals surface area contributed by atoms with Gasteiger partial charge in [0, 0.05) is 6.54 Å². The lowest BCUT2D eigenvalue weighted by Gasteiger charge is -2.12. The van der Waals surface area contributed by atoms with Gasteiger partial charge in [0.05, 0.1) is 24.0 Å².